The van der Waals surface area contributed by atoms with Gasteiger partial charge in [0, 0.05) is 0 Å². The highest BCUT2D eigenvalue weighted by molar-refractivity contribution is 5.26. The first-order valence-corrected chi connectivity index (χ1v) is 3.92. The average Bonchev–Trinajstić information content (AvgIpc) is 1.88. The highest BCUT2D eigenvalue weighted by Gasteiger charge is 2.15. The van der Waals surface area contributed by atoms with Gasteiger partial charge in [0.25, 0.3) is 0 Å². The summed E-state index contributed by atoms with van der Waals surface area (Å²) in [6.45, 7) is 2.21. The standard InChI is InChI=1S/C7H14O.CHNO/c1-6-3-2-4-7(8)5-6;2-1-3/h6-8H,2-5H2,1H3;2H. The third kappa shape index (κ3) is 5.77. The highest BCUT2D eigenvalue weighted by atomic mass is 16.3. The van der Waals surface area contributed by atoms with Crippen molar-refractivity contribution >= 4 is 6.08 Å². The van der Waals surface area contributed by atoms with Crippen molar-refractivity contribution in [3.8, 4) is 0 Å². The molecule has 0 spiro atoms. The monoisotopic (exact) mass is 157 g/mol. The molecule has 1 aliphatic rings. The maximum absolute atomic E-state index is 9.08. The molecule has 0 aromatic carbocycles. The van der Waals surface area contributed by atoms with Crippen molar-refractivity contribution in [2.45, 2.75) is 38.7 Å². The molecule has 64 valence electrons. The first-order valence-electron chi connectivity index (χ1n) is 3.92. The van der Waals surface area contributed by atoms with E-state index in [9.17, 15) is 0 Å². The molecule has 1 saturated carbocycles. The number of carbonyl (C=O) groups excluding carboxylic acids is 1. The van der Waals surface area contributed by atoms with Crippen molar-refractivity contribution in [1.29, 1.82) is 5.41 Å². The molecule has 11 heavy (non-hydrogen) atoms. The lowest BCUT2D eigenvalue weighted by molar-refractivity contribution is 0.106. The Balaban J connectivity index is 0.000000292. The van der Waals surface area contributed by atoms with Crippen LogP contribution in [0.1, 0.15) is 32.6 Å². The van der Waals surface area contributed by atoms with E-state index in [0.29, 0.717) is 0 Å². The zero-order valence-corrected chi connectivity index (χ0v) is 6.84. The second-order valence-electron chi connectivity index (χ2n) is 3.03. The number of aliphatic hydroxyl groups is 1. The summed E-state index contributed by atoms with van der Waals surface area (Å²) in [7, 11) is 0. The molecule has 0 aliphatic heterocycles. The summed E-state index contributed by atoms with van der Waals surface area (Å²) in [6, 6.07) is 0. The number of isocyanates is 1. The fourth-order valence-corrected chi connectivity index (χ4v) is 1.40. The molecular weight excluding hydrogens is 142 g/mol. The van der Waals surface area contributed by atoms with Crippen LogP contribution in [0, 0.1) is 11.3 Å². The molecule has 0 heterocycles. The number of aliphatic hydroxyl groups excluding tert-OH is 1. The average molecular weight is 157 g/mol. The van der Waals surface area contributed by atoms with Crippen LogP contribution in [0.15, 0.2) is 0 Å². The molecule has 2 unspecified atom stereocenters. The van der Waals surface area contributed by atoms with Crippen LogP contribution in [-0.2, 0) is 4.79 Å². The summed E-state index contributed by atoms with van der Waals surface area (Å²) < 4.78 is 0. The third-order valence-electron chi connectivity index (χ3n) is 1.91. The molecule has 1 rings (SSSR count). The van der Waals surface area contributed by atoms with Gasteiger partial charge in [0.05, 0.1) is 6.10 Å². The van der Waals surface area contributed by atoms with E-state index in [-0.39, 0.29) is 6.10 Å². The molecular formula is C8H15NO2. The Morgan fingerprint density at radius 3 is 2.36 bits per heavy atom. The normalized spacial score (nSPS) is 29.6. The summed E-state index contributed by atoms with van der Waals surface area (Å²) in [6.07, 6.45) is 5.36. The van der Waals surface area contributed by atoms with Crippen molar-refractivity contribution in [1.82, 2.24) is 0 Å². The largest absolute Gasteiger partial charge is 0.393 e. The van der Waals surface area contributed by atoms with E-state index in [1.54, 1.807) is 0 Å². The Hall–Kier alpha value is -0.660. The summed E-state index contributed by atoms with van der Waals surface area (Å²) in [5.74, 6) is 0.763. The Kier molecular flexibility index (Phi) is 5.71. The Labute approximate surface area is 66.9 Å². The number of nitrogens with one attached hydrogen (secondary N) is 1. The fourth-order valence-electron chi connectivity index (χ4n) is 1.40. The minimum absolute atomic E-state index is 0.0127. The molecule has 1 fully saturated rings. The SMILES string of the molecule is CC1CCCC(O)C1.N=C=O. The van der Waals surface area contributed by atoms with Gasteiger partial charge in [-0.3, -0.25) is 0 Å². The molecule has 0 amide bonds. The zero-order valence-electron chi connectivity index (χ0n) is 6.84. The Morgan fingerprint density at radius 1 is 1.55 bits per heavy atom. The first-order chi connectivity index (χ1) is 5.20. The topological polar surface area (TPSA) is 61.1 Å². The van der Waals surface area contributed by atoms with Gasteiger partial charge >= 0.3 is 0 Å². The van der Waals surface area contributed by atoms with Crippen molar-refractivity contribution in [2.24, 2.45) is 5.92 Å². The molecule has 0 aromatic rings. The summed E-state index contributed by atoms with van der Waals surface area (Å²) in [4.78, 5) is 8.35. The molecule has 0 saturated heterocycles. The van der Waals surface area contributed by atoms with Gasteiger partial charge < -0.3 is 5.11 Å². The zero-order chi connectivity index (χ0) is 8.69. The number of hydrogen-bond acceptors (Lipinski definition) is 3. The molecule has 1 aliphatic carbocycles. The molecule has 0 bridgehead atoms. The quantitative estimate of drug-likeness (QED) is 0.413. The van der Waals surface area contributed by atoms with Gasteiger partial charge in [-0.2, -0.15) is 0 Å². The van der Waals surface area contributed by atoms with E-state index >= 15 is 0 Å². The molecule has 3 heteroatoms. The van der Waals surface area contributed by atoms with Crippen LogP contribution in [0.5, 0.6) is 0 Å². The Bertz CT molecular complexity index is 122. The minimum atomic E-state index is 0.0127. The van der Waals surface area contributed by atoms with Crippen LogP contribution < -0.4 is 0 Å². The van der Waals surface area contributed by atoms with E-state index in [1.165, 1.54) is 12.8 Å². The highest BCUT2D eigenvalue weighted by Crippen LogP contribution is 2.22. The van der Waals surface area contributed by atoms with Crippen molar-refractivity contribution in [2.75, 3.05) is 0 Å². The van der Waals surface area contributed by atoms with E-state index in [0.717, 1.165) is 24.8 Å². The fraction of sp³-hybridized carbons (Fsp3) is 0.875. The number of rotatable bonds is 0. The second-order valence-corrected chi connectivity index (χ2v) is 3.03. The summed E-state index contributed by atoms with van der Waals surface area (Å²) in [5.41, 5.74) is 0. The molecule has 2 N–H and O–H groups in total. The second kappa shape index (κ2) is 6.08. The molecule has 2 atom stereocenters. The van der Waals surface area contributed by atoms with Gasteiger partial charge in [0.1, 0.15) is 0 Å². The van der Waals surface area contributed by atoms with Crippen molar-refractivity contribution < 1.29 is 9.90 Å². The third-order valence-corrected chi connectivity index (χ3v) is 1.91. The lowest BCUT2D eigenvalue weighted by Gasteiger charge is -2.21. The maximum atomic E-state index is 9.08. The minimum Gasteiger partial charge on any atom is -0.393 e. The number of hydrogen-bond donors (Lipinski definition) is 2. The Morgan fingerprint density at radius 2 is 2.09 bits per heavy atom. The molecule has 0 radical (unpaired) electrons. The predicted octanol–water partition coefficient (Wildman–Crippen LogP) is 1.46. The van der Waals surface area contributed by atoms with Crippen LogP contribution in [0.3, 0.4) is 0 Å². The van der Waals surface area contributed by atoms with Gasteiger partial charge in [0.2, 0.25) is 6.08 Å². The van der Waals surface area contributed by atoms with Crippen LogP contribution in [-0.4, -0.2) is 17.3 Å². The van der Waals surface area contributed by atoms with Crippen LogP contribution in [0.25, 0.3) is 0 Å². The van der Waals surface area contributed by atoms with E-state index < -0.39 is 0 Å². The van der Waals surface area contributed by atoms with Crippen molar-refractivity contribution in [3.05, 3.63) is 0 Å². The maximum Gasteiger partial charge on any atom is 0.231 e. The van der Waals surface area contributed by atoms with Crippen LogP contribution in [0.4, 0.5) is 0 Å². The van der Waals surface area contributed by atoms with Crippen LogP contribution >= 0.6 is 0 Å². The van der Waals surface area contributed by atoms with E-state index in [1.807, 2.05) is 0 Å². The predicted molar refractivity (Wildman–Crippen MR) is 42.1 cm³/mol. The summed E-state index contributed by atoms with van der Waals surface area (Å²) in [5, 5.41) is 14.5. The lowest BCUT2D eigenvalue weighted by Crippen LogP contribution is -2.16. The summed E-state index contributed by atoms with van der Waals surface area (Å²) >= 11 is 0. The molecule has 3 nitrogen and oxygen atoms in total. The molecule has 0 aromatic heterocycles. The van der Waals surface area contributed by atoms with Gasteiger partial charge in [-0.25, -0.2) is 10.2 Å². The van der Waals surface area contributed by atoms with E-state index in [4.69, 9.17) is 15.3 Å². The van der Waals surface area contributed by atoms with Gasteiger partial charge in [-0.1, -0.05) is 19.8 Å². The van der Waals surface area contributed by atoms with Crippen LogP contribution in [0.2, 0.25) is 0 Å². The van der Waals surface area contributed by atoms with Crippen molar-refractivity contribution in [3.63, 3.8) is 0 Å². The van der Waals surface area contributed by atoms with Gasteiger partial charge in [-0.05, 0) is 18.8 Å². The van der Waals surface area contributed by atoms with E-state index in [2.05, 4.69) is 6.92 Å². The smallest absolute Gasteiger partial charge is 0.231 e. The first kappa shape index (κ1) is 10.3. The lowest BCUT2D eigenvalue weighted by atomic mass is 9.89. The van der Waals surface area contributed by atoms with Gasteiger partial charge in [-0.15, -0.1) is 0 Å². The van der Waals surface area contributed by atoms with Gasteiger partial charge in [0.15, 0.2) is 0 Å².